The third kappa shape index (κ3) is 2.91. The first-order valence-electron chi connectivity index (χ1n) is 6.08. The van der Waals surface area contributed by atoms with E-state index in [2.05, 4.69) is 25.6 Å². The summed E-state index contributed by atoms with van der Waals surface area (Å²) in [5.74, 6) is -0.807. The lowest BCUT2D eigenvalue weighted by Crippen LogP contribution is -2.16. The molecule has 110 valence electrons. The van der Waals surface area contributed by atoms with Crippen molar-refractivity contribution in [3.05, 3.63) is 59.5 Å². The first-order chi connectivity index (χ1) is 10.6. The number of carbonyl (C=O) groups excluding carboxylic acids is 1. The van der Waals surface area contributed by atoms with Gasteiger partial charge in [0.2, 0.25) is 0 Å². The predicted octanol–water partition coefficient (Wildman–Crippen LogP) is 2.10. The van der Waals surface area contributed by atoms with E-state index in [1.54, 1.807) is 6.07 Å². The van der Waals surface area contributed by atoms with Crippen molar-refractivity contribution in [3.63, 3.8) is 0 Å². The molecule has 0 atom stereocenters. The van der Waals surface area contributed by atoms with E-state index in [1.807, 2.05) is 0 Å². The lowest BCUT2D eigenvalue weighted by Gasteiger charge is -2.06. The maximum Gasteiger partial charge on any atom is 0.276 e. The smallest absolute Gasteiger partial charge is 0.276 e. The number of halogens is 2. The van der Waals surface area contributed by atoms with Crippen LogP contribution in [0.1, 0.15) is 10.5 Å². The van der Waals surface area contributed by atoms with Gasteiger partial charge in [-0.3, -0.25) is 4.79 Å². The minimum atomic E-state index is -0.631. The van der Waals surface area contributed by atoms with Gasteiger partial charge in [0, 0.05) is 5.02 Å². The van der Waals surface area contributed by atoms with Crippen molar-refractivity contribution in [1.29, 1.82) is 0 Å². The van der Waals surface area contributed by atoms with Crippen LogP contribution in [0.3, 0.4) is 0 Å². The summed E-state index contributed by atoms with van der Waals surface area (Å²) in [7, 11) is 0. The third-order valence-corrected chi connectivity index (χ3v) is 2.95. The number of benzene rings is 1. The molecule has 0 bridgehead atoms. The molecule has 0 aliphatic rings. The number of rotatable bonds is 3. The quantitative estimate of drug-likeness (QED) is 0.799. The summed E-state index contributed by atoms with van der Waals surface area (Å²) in [5.41, 5.74) is 0.0507. The lowest BCUT2D eigenvalue weighted by atomic mass is 10.3. The second kappa shape index (κ2) is 5.86. The fourth-order valence-corrected chi connectivity index (χ4v) is 1.83. The Balaban J connectivity index is 1.77. The summed E-state index contributed by atoms with van der Waals surface area (Å²) in [4.78, 5) is 15.8. The van der Waals surface area contributed by atoms with Gasteiger partial charge in [-0.2, -0.15) is 5.10 Å². The highest BCUT2D eigenvalue weighted by Gasteiger charge is 2.12. The molecule has 0 radical (unpaired) electrons. The van der Waals surface area contributed by atoms with Crippen LogP contribution in [-0.2, 0) is 0 Å². The fraction of sp³-hybridized carbons (Fsp3) is 0. The Bertz CT molecular complexity index is 806. The minimum absolute atomic E-state index is 0.0107. The van der Waals surface area contributed by atoms with E-state index in [0.717, 1.165) is 6.07 Å². The number of hydrogen-bond acceptors (Lipinski definition) is 5. The van der Waals surface area contributed by atoms with Crippen LogP contribution < -0.4 is 5.32 Å². The largest absolute Gasteiger partial charge is 0.318 e. The maximum atomic E-state index is 13.6. The van der Waals surface area contributed by atoms with Gasteiger partial charge in [-0.05, 0) is 30.3 Å². The van der Waals surface area contributed by atoms with Gasteiger partial charge in [0.1, 0.15) is 18.5 Å². The highest BCUT2D eigenvalue weighted by molar-refractivity contribution is 6.30. The molecule has 2 aromatic heterocycles. The van der Waals surface area contributed by atoms with Crippen molar-refractivity contribution in [2.24, 2.45) is 0 Å². The SMILES string of the molecule is O=C(Nc1ccc(Cl)cc1F)c1ccc(-n2cncn2)nn1. The molecule has 3 aromatic rings. The summed E-state index contributed by atoms with van der Waals surface area (Å²) < 4.78 is 15.0. The van der Waals surface area contributed by atoms with Gasteiger partial charge in [0.05, 0.1) is 5.69 Å². The molecule has 0 unspecified atom stereocenters. The summed E-state index contributed by atoms with van der Waals surface area (Å²) in [5, 5.41) is 14.2. The van der Waals surface area contributed by atoms with Gasteiger partial charge in [-0.25, -0.2) is 14.1 Å². The summed E-state index contributed by atoms with van der Waals surface area (Å²) in [6.07, 6.45) is 2.80. The van der Waals surface area contributed by atoms with Crippen LogP contribution >= 0.6 is 11.6 Å². The van der Waals surface area contributed by atoms with Gasteiger partial charge in [-0.1, -0.05) is 11.6 Å². The second-order valence-electron chi connectivity index (χ2n) is 4.20. The van der Waals surface area contributed by atoms with E-state index in [4.69, 9.17) is 11.6 Å². The molecule has 0 aliphatic heterocycles. The highest BCUT2D eigenvalue weighted by atomic mass is 35.5. The highest BCUT2D eigenvalue weighted by Crippen LogP contribution is 2.19. The van der Waals surface area contributed by atoms with Crippen LogP contribution in [0.25, 0.3) is 5.82 Å². The molecule has 1 aromatic carbocycles. The summed E-state index contributed by atoms with van der Waals surface area (Å²) >= 11 is 5.65. The molecule has 0 saturated carbocycles. The standard InChI is InChI=1S/C13H8ClFN6O/c14-8-1-2-10(9(15)5-8)18-13(22)11-3-4-12(20-19-11)21-7-16-6-17-21/h1-7H,(H,18,22). The molecule has 2 heterocycles. The molecule has 1 amide bonds. The Kier molecular flexibility index (Phi) is 3.75. The zero-order valence-electron chi connectivity index (χ0n) is 10.9. The van der Waals surface area contributed by atoms with Crippen molar-refractivity contribution < 1.29 is 9.18 Å². The Morgan fingerprint density at radius 3 is 2.73 bits per heavy atom. The predicted molar refractivity (Wildman–Crippen MR) is 76.3 cm³/mol. The Labute approximate surface area is 128 Å². The number of anilines is 1. The monoisotopic (exact) mass is 318 g/mol. The molecule has 0 aliphatic carbocycles. The average Bonchev–Trinajstić information content (AvgIpc) is 3.04. The van der Waals surface area contributed by atoms with Crippen molar-refractivity contribution in [2.45, 2.75) is 0 Å². The van der Waals surface area contributed by atoms with Crippen molar-refractivity contribution >= 4 is 23.2 Å². The first-order valence-corrected chi connectivity index (χ1v) is 6.46. The fourth-order valence-electron chi connectivity index (χ4n) is 1.67. The van der Waals surface area contributed by atoms with E-state index in [0.29, 0.717) is 5.82 Å². The van der Waals surface area contributed by atoms with Gasteiger partial charge in [-0.15, -0.1) is 10.2 Å². The van der Waals surface area contributed by atoms with Crippen molar-refractivity contribution in [1.82, 2.24) is 25.0 Å². The van der Waals surface area contributed by atoms with E-state index < -0.39 is 11.7 Å². The number of amides is 1. The summed E-state index contributed by atoms with van der Waals surface area (Å²) in [6.45, 7) is 0. The van der Waals surface area contributed by atoms with E-state index in [9.17, 15) is 9.18 Å². The number of aromatic nitrogens is 5. The zero-order chi connectivity index (χ0) is 15.5. The molecule has 22 heavy (non-hydrogen) atoms. The lowest BCUT2D eigenvalue weighted by molar-refractivity contribution is 0.102. The third-order valence-electron chi connectivity index (χ3n) is 2.72. The first kappa shape index (κ1) is 14.1. The number of carbonyl (C=O) groups is 1. The average molecular weight is 319 g/mol. The second-order valence-corrected chi connectivity index (χ2v) is 4.63. The van der Waals surface area contributed by atoms with Gasteiger partial charge >= 0.3 is 0 Å². The van der Waals surface area contributed by atoms with Crippen LogP contribution in [0, 0.1) is 5.82 Å². The molecule has 3 rings (SSSR count). The topological polar surface area (TPSA) is 85.6 Å². The van der Waals surface area contributed by atoms with Crippen LogP contribution in [0.4, 0.5) is 10.1 Å². The summed E-state index contributed by atoms with van der Waals surface area (Å²) in [6, 6.07) is 6.95. The Morgan fingerprint density at radius 2 is 2.09 bits per heavy atom. The number of hydrogen-bond donors (Lipinski definition) is 1. The normalized spacial score (nSPS) is 10.5. The van der Waals surface area contributed by atoms with E-state index >= 15 is 0 Å². The molecule has 0 saturated heterocycles. The minimum Gasteiger partial charge on any atom is -0.318 e. The van der Waals surface area contributed by atoms with Gasteiger partial charge in [0.25, 0.3) is 5.91 Å². The van der Waals surface area contributed by atoms with Crippen LogP contribution in [0.5, 0.6) is 0 Å². The van der Waals surface area contributed by atoms with Crippen LogP contribution in [0.15, 0.2) is 43.0 Å². The van der Waals surface area contributed by atoms with Crippen LogP contribution in [0.2, 0.25) is 5.02 Å². The molecule has 9 heteroatoms. The molecule has 1 N–H and O–H groups in total. The maximum absolute atomic E-state index is 13.6. The van der Waals surface area contributed by atoms with Crippen molar-refractivity contribution in [2.75, 3.05) is 5.32 Å². The van der Waals surface area contributed by atoms with Gasteiger partial charge < -0.3 is 5.32 Å². The van der Waals surface area contributed by atoms with E-state index in [1.165, 1.54) is 35.5 Å². The Hall–Kier alpha value is -2.87. The van der Waals surface area contributed by atoms with E-state index in [-0.39, 0.29) is 16.4 Å². The Morgan fingerprint density at radius 1 is 1.23 bits per heavy atom. The zero-order valence-corrected chi connectivity index (χ0v) is 11.7. The molecular formula is C13H8ClFN6O. The number of nitrogens with one attached hydrogen (secondary N) is 1. The molecule has 0 fully saturated rings. The molecular weight excluding hydrogens is 311 g/mol. The van der Waals surface area contributed by atoms with Crippen molar-refractivity contribution in [3.8, 4) is 5.82 Å². The molecule has 0 spiro atoms. The number of nitrogens with zero attached hydrogens (tertiary/aromatic N) is 5. The van der Waals surface area contributed by atoms with Crippen LogP contribution in [-0.4, -0.2) is 30.9 Å². The molecule has 7 nitrogen and oxygen atoms in total. The van der Waals surface area contributed by atoms with Gasteiger partial charge in [0.15, 0.2) is 11.5 Å².